The standard InChI is InChI=1S/C93H150O17P2/c1-5-9-13-17-21-25-29-33-37-40-43-46-50-53-57-61-65-69-73-77-90(95)103-83-88(109-92(97)79-75-71-67-63-59-55-49-36-32-28-24-20-16-12-8-4)85-107-111(99,100)105-81-87(94)82-106-112(101,102)108-86-89(110-93(98)80-76-72-68-64-60-56-52-48-45-42-39-35-31-27-23-19-15-11-7-3)84-104-91(96)78-74-70-66-62-58-54-51-47-44-41-38-34-30-26-22-18-14-10-6-2/h9-11,13-15,21-23,25-27,33-39,43-49,54,56,58,60,66,70,87-89,94H,5-8,12,16-20,24,28-32,40-42,50-53,55,57,59,61-65,67-69,71-86H2,1-4H3,(H,99,100)(H,101,102)/b13-9-,14-10-,15-11-,25-21-,26-22-,27-23-,37-33-,38-34-,39-35-,46-43-,47-44-,48-45-,49-36-,58-54-,60-56-,70-66-. The van der Waals surface area contributed by atoms with Crippen LogP contribution < -0.4 is 0 Å². The maximum absolute atomic E-state index is 13.1. The predicted octanol–water partition coefficient (Wildman–Crippen LogP) is 25.7. The van der Waals surface area contributed by atoms with Crippen molar-refractivity contribution in [2.24, 2.45) is 0 Å². The zero-order valence-electron chi connectivity index (χ0n) is 69.5. The van der Waals surface area contributed by atoms with Crippen molar-refractivity contribution in [2.75, 3.05) is 39.6 Å². The number of ether oxygens (including phenoxy) is 4. The lowest BCUT2D eigenvalue weighted by molar-refractivity contribution is -0.161. The number of phosphoric acid groups is 2. The van der Waals surface area contributed by atoms with Crippen LogP contribution in [0.25, 0.3) is 0 Å². The molecule has 634 valence electrons. The summed E-state index contributed by atoms with van der Waals surface area (Å²) in [5.74, 6) is -2.35. The number of hydrogen-bond donors (Lipinski definition) is 3. The van der Waals surface area contributed by atoms with Gasteiger partial charge in [-0.1, -0.05) is 306 Å². The second-order valence-electron chi connectivity index (χ2n) is 27.6. The van der Waals surface area contributed by atoms with Crippen molar-refractivity contribution < 1.29 is 80.2 Å². The van der Waals surface area contributed by atoms with Gasteiger partial charge >= 0.3 is 39.5 Å². The van der Waals surface area contributed by atoms with Gasteiger partial charge in [0.1, 0.15) is 19.3 Å². The van der Waals surface area contributed by atoms with E-state index in [0.29, 0.717) is 32.1 Å². The first-order chi connectivity index (χ1) is 54.7. The summed E-state index contributed by atoms with van der Waals surface area (Å²) in [5.41, 5.74) is 0. The lowest BCUT2D eigenvalue weighted by atomic mass is 10.1. The molecular formula is C93H150O17P2. The van der Waals surface area contributed by atoms with Crippen LogP contribution >= 0.6 is 15.6 Å². The molecule has 112 heavy (non-hydrogen) atoms. The minimum Gasteiger partial charge on any atom is -0.462 e. The lowest BCUT2D eigenvalue weighted by Gasteiger charge is -2.21. The molecular weight excluding hydrogens is 1450 g/mol. The SMILES string of the molecule is CC/C=C\C/C=C\C/C=C\C/C=C\C/C=C\C/C=C\CCC(=O)OCC(COP(=O)(O)OCC(O)COP(=O)(O)OCC(COC(=O)CCCCCCCC/C=C\C/C=C\C/C=C\C/C=C\CC)OC(=O)CCCCCCC/C=C\CCCCCCCC)OC(=O)CCCCC/C=C\C/C=C\C/C=C\C/C=C\C/C=C\CC. The van der Waals surface area contributed by atoms with Gasteiger partial charge in [0.05, 0.1) is 26.4 Å². The van der Waals surface area contributed by atoms with Crippen molar-refractivity contribution in [3.63, 3.8) is 0 Å². The highest BCUT2D eigenvalue weighted by Gasteiger charge is 2.30. The van der Waals surface area contributed by atoms with Crippen molar-refractivity contribution in [3.8, 4) is 0 Å². The van der Waals surface area contributed by atoms with Crippen LogP contribution in [0.1, 0.15) is 310 Å². The number of carbonyl (C=O) groups excluding carboxylic acids is 4. The molecule has 0 radical (unpaired) electrons. The maximum atomic E-state index is 13.1. The number of aliphatic hydroxyl groups is 1. The van der Waals surface area contributed by atoms with Crippen LogP contribution in [0.3, 0.4) is 0 Å². The fraction of sp³-hybridized carbons (Fsp3) is 0.613. The Balaban J connectivity index is 5.52. The molecule has 5 atom stereocenters. The van der Waals surface area contributed by atoms with Crippen LogP contribution in [0.2, 0.25) is 0 Å². The molecule has 0 aromatic carbocycles. The van der Waals surface area contributed by atoms with Crippen molar-refractivity contribution >= 4 is 39.5 Å². The van der Waals surface area contributed by atoms with Crippen molar-refractivity contribution in [1.29, 1.82) is 0 Å². The molecule has 17 nitrogen and oxygen atoms in total. The zero-order valence-corrected chi connectivity index (χ0v) is 71.3. The molecule has 0 aromatic rings. The summed E-state index contributed by atoms with van der Waals surface area (Å²) in [7, 11) is -10.0. The minimum atomic E-state index is -5.02. The largest absolute Gasteiger partial charge is 0.472 e. The van der Waals surface area contributed by atoms with Gasteiger partial charge in [-0.15, -0.1) is 0 Å². The summed E-state index contributed by atoms with van der Waals surface area (Å²) in [6.45, 7) is 4.38. The van der Waals surface area contributed by atoms with Gasteiger partial charge < -0.3 is 33.8 Å². The summed E-state index contributed by atoms with van der Waals surface area (Å²) >= 11 is 0. The normalized spacial score (nSPS) is 14.7. The average molecular weight is 1600 g/mol. The van der Waals surface area contributed by atoms with Gasteiger partial charge in [0.25, 0.3) is 0 Å². The molecule has 0 spiro atoms. The highest BCUT2D eigenvalue weighted by molar-refractivity contribution is 7.47. The van der Waals surface area contributed by atoms with E-state index < -0.39 is 97.5 Å². The Hall–Kier alpha value is -6.10. The Morgan fingerprint density at radius 3 is 0.786 bits per heavy atom. The van der Waals surface area contributed by atoms with Crippen LogP contribution in [-0.4, -0.2) is 96.7 Å². The number of phosphoric ester groups is 2. The summed E-state index contributed by atoms with van der Waals surface area (Å²) in [6.07, 6.45) is 103. The Bertz CT molecular complexity index is 2890. The summed E-state index contributed by atoms with van der Waals surface area (Å²) in [4.78, 5) is 73.3. The van der Waals surface area contributed by atoms with E-state index in [9.17, 15) is 43.2 Å². The van der Waals surface area contributed by atoms with Gasteiger partial charge in [-0.2, -0.15) is 0 Å². The van der Waals surface area contributed by atoms with Crippen LogP contribution in [0, 0.1) is 0 Å². The first-order valence-corrected chi connectivity index (χ1v) is 45.7. The number of rotatable bonds is 78. The van der Waals surface area contributed by atoms with E-state index in [2.05, 4.69) is 204 Å². The molecule has 0 aliphatic heterocycles. The first kappa shape index (κ1) is 106. The fourth-order valence-electron chi connectivity index (χ4n) is 10.7. The number of carbonyl (C=O) groups is 4. The van der Waals surface area contributed by atoms with Gasteiger partial charge in [-0.25, -0.2) is 9.13 Å². The van der Waals surface area contributed by atoms with Crippen LogP contribution in [0.4, 0.5) is 0 Å². The van der Waals surface area contributed by atoms with Gasteiger partial charge in [0.2, 0.25) is 0 Å². The highest BCUT2D eigenvalue weighted by atomic mass is 31.2. The second-order valence-corrected chi connectivity index (χ2v) is 30.5. The first-order valence-electron chi connectivity index (χ1n) is 42.7. The van der Waals surface area contributed by atoms with E-state index >= 15 is 0 Å². The molecule has 19 heteroatoms. The van der Waals surface area contributed by atoms with E-state index in [1.54, 1.807) is 0 Å². The van der Waals surface area contributed by atoms with E-state index in [1.165, 1.54) is 38.5 Å². The predicted molar refractivity (Wildman–Crippen MR) is 463 cm³/mol. The summed E-state index contributed by atoms with van der Waals surface area (Å²) in [6, 6.07) is 0. The number of allylic oxidation sites excluding steroid dienone is 32. The summed E-state index contributed by atoms with van der Waals surface area (Å²) in [5, 5.41) is 10.7. The molecule has 3 N–H and O–H groups in total. The summed E-state index contributed by atoms with van der Waals surface area (Å²) < 4.78 is 68.7. The molecule has 0 aliphatic rings. The smallest absolute Gasteiger partial charge is 0.462 e. The van der Waals surface area contributed by atoms with Crippen LogP contribution in [0.5, 0.6) is 0 Å². The van der Waals surface area contributed by atoms with Crippen LogP contribution in [0.15, 0.2) is 194 Å². The van der Waals surface area contributed by atoms with E-state index in [-0.39, 0.29) is 25.7 Å². The number of esters is 4. The Labute approximate surface area is 678 Å². The van der Waals surface area contributed by atoms with E-state index in [0.717, 1.165) is 186 Å². The van der Waals surface area contributed by atoms with E-state index in [1.807, 2.05) is 18.2 Å². The lowest BCUT2D eigenvalue weighted by Crippen LogP contribution is -2.30. The second kappa shape index (κ2) is 82.9. The molecule has 0 saturated heterocycles. The van der Waals surface area contributed by atoms with Gasteiger partial charge in [0, 0.05) is 25.7 Å². The molecule has 0 heterocycles. The Kier molecular flexibility index (Phi) is 78.4. The molecule has 5 unspecified atom stereocenters. The number of aliphatic hydroxyl groups excluding tert-OH is 1. The third-order valence-electron chi connectivity index (χ3n) is 17.0. The third-order valence-corrected chi connectivity index (χ3v) is 18.9. The van der Waals surface area contributed by atoms with Gasteiger partial charge in [0.15, 0.2) is 12.2 Å². The monoisotopic (exact) mass is 1600 g/mol. The molecule has 0 saturated carbocycles. The maximum Gasteiger partial charge on any atom is 0.472 e. The minimum absolute atomic E-state index is 0.0206. The molecule has 0 rings (SSSR count). The fourth-order valence-corrected chi connectivity index (χ4v) is 12.2. The molecule has 0 aliphatic carbocycles. The average Bonchev–Trinajstić information content (AvgIpc) is 0.898. The van der Waals surface area contributed by atoms with Crippen molar-refractivity contribution in [3.05, 3.63) is 194 Å². The number of unbranched alkanes of at least 4 members (excludes halogenated alkanes) is 20. The molecule has 0 bridgehead atoms. The molecule has 0 amide bonds. The zero-order chi connectivity index (χ0) is 81.7. The highest BCUT2D eigenvalue weighted by Crippen LogP contribution is 2.45. The third kappa shape index (κ3) is 81.9. The van der Waals surface area contributed by atoms with Crippen molar-refractivity contribution in [1.82, 2.24) is 0 Å². The molecule has 0 aromatic heterocycles. The Morgan fingerprint density at radius 1 is 0.259 bits per heavy atom. The molecule has 0 fully saturated rings. The van der Waals surface area contributed by atoms with Gasteiger partial charge in [-0.05, 0) is 173 Å². The quantitative estimate of drug-likeness (QED) is 0.0169. The van der Waals surface area contributed by atoms with Gasteiger partial charge in [-0.3, -0.25) is 37.3 Å². The van der Waals surface area contributed by atoms with Crippen LogP contribution in [-0.2, 0) is 65.4 Å². The topological polar surface area (TPSA) is 237 Å². The van der Waals surface area contributed by atoms with Crippen molar-refractivity contribution in [2.45, 2.75) is 329 Å². The van der Waals surface area contributed by atoms with E-state index in [4.69, 9.17) is 37.0 Å². The Morgan fingerprint density at radius 2 is 0.482 bits per heavy atom. The number of hydrogen-bond acceptors (Lipinski definition) is 15.